The van der Waals surface area contributed by atoms with Gasteiger partial charge in [0, 0.05) is 12.2 Å². The molecule has 1 fully saturated rings. The summed E-state index contributed by atoms with van der Waals surface area (Å²) in [5.74, 6) is 1.21. The molecule has 1 amide bonds. The van der Waals surface area contributed by atoms with Crippen LogP contribution in [0.3, 0.4) is 0 Å². The Balaban J connectivity index is 1.72. The number of amides is 1. The normalized spacial score (nSPS) is 21.5. The number of nitrogens with one attached hydrogen (secondary N) is 1. The number of rotatable bonds is 2. The van der Waals surface area contributed by atoms with E-state index in [9.17, 15) is 4.79 Å². The van der Waals surface area contributed by atoms with Gasteiger partial charge in [-0.25, -0.2) is 0 Å². The highest BCUT2D eigenvalue weighted by Crippen LogP contribution is 2.32. The second kappa shape index (κ2) is 4.25. The van der Waals surface area contributed by atoms with Gasteiger partial charge in [-0.15, -0.1) is 0 Å². The number of benzene rings is 1. The van der Waals surface area contributed by atoms with Crippen molar-refractivity contribution in [3.05, 3.63) is 23.8 Å². The van der Waals surface area contributed by atoms with Crippen LogP contribution in [0.4, 0.5) is 0 Å². The molecule has 2 heterocycles. The molecule has 1 N–H and O–H groups in total. The first-order valence-electron chi connectivity index (χ1n) is 5.61. The summed E-state index contributed by atoms with van der Waals surface area (Å²) in [6, 6.07) is 5.31. The number of carbonyl (C=O) groups is 1. The first-order valence-corrected chi connectivity index (χ1v) is 5.61. The van der Waals surface area contributed by atoms with Crippen LogP contribution >= 0.6 is 0 Å². The zero-order chi connectivity index (χ0) is 11.7. The van der Waals surface area contributed by atoms with E-state index in [1.165, 1.54) is 0 Å². The van der Waals surface area contributed by atoms with E-state index >= 15 is 0 Å². The fourth-order valence-electron chi connectivity index (χ4n) is 1.95. The van der Waals surface area contributed by atoms with Gasteiger partial charge in [0.05, 0.1) is 12.6 Å². The van der Waals surface area contributed by atoms with Crippen molar-refractivity contribution in [3.8, 4) is 11.5 Å². The molecule has 1 unspecified atom stereocenters. The lowest BCUT2D eigenvalue weighted by atomic mass is 10.1. The average Bonchev–Trinajstić information content (AvgIpc) is 2.97. The zero-order valence-electron chi connectivity index (χ0n) is 9.27. The van der Waals surface area contributed by atoms with Crippen molar-refractivity contribution in [2.24, 2.45) is 0 Å². The largest absolute Gasteiger partial charge is 0.454 e. The van der Waals surface area contributed by atoms with Gasteiger partial charge in [-0.1, -0.05) is 0 Å². The summed E-state index contributed by atoms with van der Waals surface area (Å²) in [5.41, 5.74) is 0.584. The van der Waals surface area contributed by atoms with E-state index in [0.717, 1.165) is 6.42 Å². The molecule has 2 aliphatic heterocycles. The van der Waals surface area contributed by atoms with Crippen LogP contribution in [0.1, 0.15) is 16.8 Å². The maximum atomic E-state index is 11.9. The molecule has 5 nitrogen and oxygen atoms in total. The lowest BCUT2D eigenvalue weighted by Gasteiger charge is -2.10. The average molecular weight is 235 g/mol. The third-order valence-electron chi connectivity index (χ3n) is 2.90. The molecule has 17 heavy (non-hydrogen) atoms. The monoisotopic (exact) mass is 235 g/mol. The molecule has 1 atom stereocenters. The molecule has 0 saturated carbocycles. The minimum Gasteiger partial charge on any atom is -0.454 e. The highest BCUT2D eigenvalue weighted by Gasteiger charge is 2.20. The Morgan fingerprint density at radius 3 is 3.00 bits per heavy atom. The fourth-order valence-corrected chi connectivity index (χ4v) is 1.95. The highest BCUT2D eigenvalue weighted by molar-refractivity contribution is 5.95. The van der Waals surface area contributed by atoms with Crippen molar-refractivity contribution >= 4 is 5.91 Å². The van der Waals surface area contributed by atoms with Gasteiger partial charge in [0.25, 0.3) is 5.91 Å². The number of carbonyl (C=O) groups excluding carboxylic acids is 1. The minimum atomic E-state index is -0.0983. The van der Waals surface area contributed by atoms with E-state index in [-0.39, 0.29) is 18.7 Å². The fraction of sp³-hybridized carbons (Fsp3) is 0.417. The molecule has 1 aromatic rings. The van der Waals surface area contributed by atoms with E-state index in [4.69, 9.17) is 14.2 Å². The summed E-state index contributed by atoms with van der Waals surface area (Å²) in [5, 5.41) is 2.93. The molecule has 0 bridgehead atoms. The second-order valence-electron chi connectivity index (χ2n) is 4.10. The molecule has 3 rings (SSSR count). The summed E-state index contributed by atoms with van der Waals surface area (Å²) in [6.07, 6.45) is 0.871. The molecular formula is C12H13NO4. The highest BCUT2D eigenvalue weighted by atomic mass is 16.7. The number of fused-ring (bicyclic) bond motifs is 1. The second-order valence-corrected chi connectivity index (χ2v) is 4.10. The van der Waals surface area contributed by atoms with E-state index in [1.54, 1.807) is 18.2 Å². The molecule has 0 spiro atoms. The van der Waals surface area contributed by atoms with Crippen LogP contribution in [-0.4, -0.2) is 32.0 Å². The predicted molar refractivity (Wildman–Crippen MR) is 59.3 cm³/mol. The van der Waals surface area contributed by atoms with Crippen molar-refractivity contribution in [2.75, 3.05) is 20.0 Å². The van der Waals surface area contributed by atoms with Gasteiger partial charge in [0.1, 0.15) is 0 Å². The van der Waals surface area contributed by atoms with Crippen molar-refractivity contribution < 1.29 is 19.0 Å². The van der Waals surface area contributed by atoms with Crippen LogP contribution in [-0.2, 0) is 4.74 Å². The Labute approximate surface area is 98.7 Å². The number of hydrogen-bond acceptors (Lipinski definition) is 4. The minimum absolute atomic E-state index is 0.0983. The van der Waals surface area contributed by atoms with Crippen LogP contribution in [0, 0.1) is 0 Å². The topological polar surface area (TPSA) is 56.8 Å². The van der Waals surface area contributed by atoms with Crippen LogP contribution in [0.5, 0.6) is 11.5 Å². The van der Waals surface area contributed by atoms with E-state index in [1.807, 2.05) is 0 Å². The molecule has 2 aliphatic rings. The lowest BCUT2D eigenvalue weighted by molar-refractivity contribution is 0.0929. The first-order chi connectivity index (χ1) is 8.33. The molecular weight excluding hydrogens is 222 g/mol. The Kier molecular flexibility index (Phi) is 2.60. The smallest absolute Gasteiger partial charge is 0.251 e. The summed E-state index contributed by atoms with van der Waals surface area (Å²) >= 11 is 0. The van der Waals surface area contributed by atoms with Gasteiger partial charge in [-0.2, -0.15) is 0 Å². The van der Waals surface area contributed by atoms with E-state index in [2.05, 4.69) is 5.32 Å². The molecule has 0 radical (unpaired) electrons. The number of ether oxygens (including phenoxy) is 3. The maximum absolute atomic E-state index is 11.9. The molecule has 90 valence electrons. The summed E-state index contributed by atoms with van der Waals surface area (Å²) in [4.78, 5) is 11.9. The van der Waals surface area contributed by atoms with Crippen molar-refractivity contribution in [1.82, 2.24) is 5.32 Å². The van der Waals surface area contributed by atoms with Crippen LogP contribution in [0.15, 0.2) is 18.2 Å². The molecule has 1 aromatic carbocycles. The van der Waals surface area contributed by atoms with Gasteiger partial charge in [0.15, 0.2) is 11.5 Å². The van der Waals surface area contributed by atoms with Crippen LogP contribution in [0.25, 0.3) is 0 Å². The van der Waals surface area contributed by atoms with Crippen LogP contribution in [0.2, 0.25) is 0 Å². The van der Waals surface area contributed by atoms with Crippen molar-refractivity contribution in [2.45, 2.75) is 12.5 Å². The Bertz CT molecular complexity index is 440. The Hall–Kier alpha value is -1.75. The SMILES string of the molecule is O=C(NC1CCOC1)c1ccc2c(c1)OCO2. The first kappa shape index (κ1) is 10.4. The summed E-state index contributed by atoms with van der Waals surface area (Å²) in [7, 11) is 0. The molecule has 5 heteroatoms. The number of hydrogen-bond donors (Lipinski definition) is 1. The van der Waals surface area contributed by atoms with Gasteiger partial charge < -0.3 is 19.5 Å². The summed E-state index contributed by atoms with van der Waals surface area (Å²) in [6.45, 7) is 1.53. The Morgan fingerprint density at radius 1 is 1.29 bits per heavy atom. The van der Waals surface area contributed by atoms with Crippen LogP contribution < -0.4 is 14.8 Å². The summed E-state index contributed by atoms with van der Waals surface area (Å²) < 4.78 is 15.6. The predicted octanol–water partition coefficient (Wildman–Crippen LogP) is 0.934. The molecule has 0 aromatic heterocycles. The quantitative estimate of drug-likeness (QED) is 0.828. The van der Waals surface area contributed by atoms with Gasteiger partial charge in [-0.3, -0.25) is 4.79 Å². The lowest BCUT2D eigenvalue weighted by Crippen LogP contribution is -2.34. The zero-order valence-corrected chi connectivity index (χ0v) is 9.27. The van der Waals surface area contributed by atoms with E-state index in [0.29, 0.717) is 30.3 Å². The van der Waals surface area contributed by atoms with Gasteiger partial charge in [-0.05, 0) is 24.6 Å². The third-order valence-corrected chi connectivity index (χ3v) is 2.90. The molecule has 1 saturated heterocycles. The maximum Gasteiger partial charge on any atom is 0.251 e. The van der Waals surface area contributed by atoms with Gasteiger partial charge >= 0.3 is 0 Å². The third kappa shape index (κ3) is 2.06. The van der Waals surface area contributed by atoms with Gasteiger partial charge in [0.2, 0.25) is 6.79 Å². The van der Waals surface area contributed by atoms with Crippen molar-refractivity contribution in [3.63, 3.8) is 0 Å². The Morgan fingerprint density at radius 2 is 2.18 bits per heavy atom. The van der Waals surface area contributed by atoms with E-state index < -0.39 is 0 Å². The standard InChI is InChI=1S/C12H13NO4/c14-12(13-9-3-4-15-6-9)8-1-2-10-11(5-8)17-7-16-10/h1-2,5,9H,3-4,6-7H2,(H,13,14). The van der Waals surface area contributed by atoms with Crippen molar-refractivity contribution in [1.29, 1.82) is 0 Å². The molecule has 0 aliphatic carbocycles.